The Morgan fingerprint density at radius 3 is 2.32 bits per heavy atom. The van der Waals surface area contributed by atoms with Crippen LogP contribution in [0.25, 0.3) is 11.1 Å². The topological polar surface area (TPSA) is 91.6 Å². The van der Waals surface area contributed by atoms with E-state index in [0.29, 0.717) is 22.2 Å². The molecule has 1 N–H and O–H groups in total. The molecule has 25 heavy (non-hydrogen) atoms. The highest BCUT2D eigenvalue weighted by Crippen LogP contribution is 2.23. The van der Waals surface area contributed by atoms with Gasteiger partial charge in [0, 0.05) is 16.8 Å². The Hall–Kier alpha value is -3.11. The van der Waals surface area contributed by atoms with E-state index in [4.69, 9.17) is 5.26 Å². The van der Waals surface area contributed by atoms with Crippen LogP contribution in [0.2, 0.25) is 0 Å². The average molecular weight is 349 g/mol. The van der Waals surface area contributed by atoms with Crippen LogP contribution in [0.15, 0.2) is 29.6 Å². The van der Waals surface area contributed by atoms with Crippen LogP contribution in [-0.4, -0.2) is 20.9 Å². The molecule has 0 radical (unpaired) electrons. The van der Waals surface area contributed by atoms with Crippen LogP contribution in [0.3, 0.4) is 0 Å². The molecule has 0 aliphatic rings. The molecule has 0 saturated heterocycles. The second-order valence-corrected chi connectivity index (χ2v) is 6.48. The molecule has 0 spiro atoms. The van der Waals surface area contributed by atoms with E-state index in [1.54, 1.807) is 12.1 Å². The number of carbonyl (C=O) groups excluding carboxylic acids is 1. The fraction of sp³-hybridized carbons (Fsp3) is 0.167. The molecule has 0 aromatic carbocycles. The van der Waals surface area contributed by atoms with Gasteiger partial charge in [0.15, 0.2) is 5.13 Å². The SMILES string of the molecule is Cc1cc(-c2cc(C)nc(C(=O)Nc3nc(C)cs3)c2)cc(C#N)n1. The highest BCUT2D eigenvalue weighted by Gasteiger charge is 2.13. The number of thiazole rings is 1. The molecule has 0 aliphatic heterocycles. The first-order chi connectivity index (χ1) is 11.9. The lowest BCUT2D eigenvalue weighted by atomic mass is 10.0. The van der Waals surface area contributed by atoms with E-state index in [2.05, 4.69) is 26.3 Å². The molecule has 3 heterocycles. The summed E-state index contributed by atoms with van der Waals surface area (Å²) in [7, 11) is 0. The highest BCUT2D eigenvalue weighted by molar-refractivity contribution is 7.13. The van der Waals surface area contributed by atoms with Crippen LogP contribution in [-0.2, 0) is 0 Å². The number of hydrogen-bond donors (Lipinski definition) is 1. The molecule has 7 heteroatoms. The Bertz CT molecular complexity index is 1000. The van der Waals surface area contributed by atoms with Crippen molar-refractivity contribution < 1.29 is 4.79 Å². The van der Waals surface area contributed by atoms with Crippen molar-refractivity contribution in [3.05, 3.63) is 58.1 Å². The van der Waals surface area contributed by atoms with Crippen molar-refractivity contribution in [2.45, 2.75) is 20.8 Å². The molecule has 6 nitrogen and oxygen atoms in total. The largest absolute Gasteiger partial charge is 0.296 e. The molecule has 0 fully saturated rings. The normalized spacial score (nSPS) is 10.3. The monoisotopic (exact) mass is 349 g/mol. The van der Waals surface area contributed by atoms with Gasteiger partial charge in [-0.05, 0) is 56.2 Å². The van der Waals surface area contributed by atoms with E-state index in [9.17, 15) is 4.79 Å². The third kappa shape index (κ3) is 3.87. The van der Waals surface area contributed by atoms with Crippen molar-refractivity contribution in [2.24, 2.45) is 0 Å². The Morgan fingerprint density at radius 1 is 1.00 bits per heavy atom. The summed E-state index contributed by atoms with van der Waals surface area (Å²) >= 11 is 1.37. The minimum atomic E-state index is -0.314. The summed E-state index contributed by atoms with van der Waals surface area (Å²) in [6.07, 6.45) is 0. The highest BCUT2D eigenvalue weighted by atomic mass is 32.1. The average Bonchev–Trinajstić information content (AvgIpc) is 2.98. The summed E-state index contributed by atoms with van der Waals surface area (Å²) in [5.41, 5.74) is 4.60. The summed E-state index contributed by atoms with van der Waals surface area (Å²) in [4.78, 5) is 25.2. The molecular formula is C18H15N5OS. The van der Waals surface area contributed by atoms with Gasteiger partial charge >= 0.3 is 0 Å². The zero-order valence-corrected chi connectivity index (χ0v) is 14.8. The van der Waals surface area contributed by atoms with Gasteiger partial charge in [0.1, 0.15) is 17.5 Å². The molecule has 3 aromatic rings. The van der Waals surface area contributed by atoms with Crippen molar-refractivity contribution in [3.63, 3.8) is 0 Å². The van der Waals surface area contributed by atoms with Crippen LogP contribution in [0, 0.1) is 32.1 Å². The molecule has 3 rings (SSSR count). The lowest BCUT2D eigenvalue weighted by molar-refractivity contribution is 0.102. The van der Waals surface area contributed by atoms with E-state index in [0.717, 1.165) is 22.5 Å². The Morgan fingerprint density at radius 2 is 1.68 bits per heavy atom. The predicted molar refractivity (Wildman–Crippen MR) is 96.5 cm³/mol. The number of nitrogens with one attached hydrogen (secondary N) is 1. The van der Waals surface area contributed by atoms with Gasteiger partial charge in [-0.15, -0.1) is 11.3 Å². The van der Waals surface area contributed by atoms with Crippen LogP contribution in [0.1, 0.15) is 33.3 Å². The number of aromatic nitrogens is 3. The molecule has 0 saturated carbocycles. The molecule has 0 bridgehead atoms. The quantitative estimate of drug-likeness (QED) is 0.779. The standard InChI is InChI=1S/C18H15N5OS/c1-10-4-13(6-15(8-19)20-10)14-5-11(2)21-16(7-14)17(24)23-18-22-12(3)9-25-18/h4-7,9H,1-3H3,(H,22,23,24). The maximum absolute atomic E-state index is 12.5. The number of rotatable bonds is 3. The minimum Gasteiger partial charge on any atom is -0.296 e. The van der Waals surface area contributed by atoms with Gasteiger partial charge in [-0.3, -0.25) is 10.1 Å². The number of pyridine rings is 2. The molecule has 0 unspecified atom stereocenters. The number of nitriles is 1. The summed E-state index contributed by atoms with van der Waals surface area (Å²) in [5, 5.41) is 14.3. The molecule has 124 valence electrons. The summed E-state index contributed by atoms with van der Waals surface area (Å²) < 4.78 is 0. The summed E-state index contributed by atoms with van der Waals surface area (Å²) in [5.74, 6) is -0.314. The van der Waals surface area contributed by atoms with Gasteiger partial charge < -0.3 is 0 Å². The lowest BCUT2D eigenvalue weighted by Gasteiger charge is -2.08. The number of aryl methyl sites for hydroxylation is 3. The van der Waals surface area contributed by atoms with Crippen LogP contribution >= 0.6 is 11.3 Å². The van der Waals surface area contributed by atoms with E-state index in [-0.39, 0.29) is 5.91 Å². The minimum absolute atomic E-state index is 0.302. The third-order valence-corrected chi connectivity index (χ3v) is 4.30. The first-order valence-corrected chi connectivity index (χ1v) is 8.44. The molecule has 3 aromatic heterocycles. The second kappa shape index (κ2) is 6.79. The molecule has 0 atom stereocenters. The maximum atomic E-state index is 12.5. The van der Waals surface area contributed by atoms with Gasteiger partial charge in [0.05, 0.1) is 5.69 Å². The van der Waals surface area contributed by atoms with Crippen molar-refractivity contribution in [1.29, 1.82) is 5.26 Å². The second-order valence-electron chi connectivity index (χ2n) is 5.62. The molecule has 1 amide bonds. The van der Waals surface area contributed by atoms with Crippen molar-refractivity contribution in [3.8, 4) is 17.2 Å². The maximum Gasteiger partial charge on any atom is 0.276 e. The number of carbonyl (C=O) groups is 1. The summed E-state index contributed by atoms with van der Waals surface area (Å²) in [6, 6.07) is 9.21. The summed E-state index contributed by atoms with van der Waals surface area (Å²) in [6.45, 7) is 5.53. The van der Waals surface area contributed by atoms with Crippen LogP contribution < -0.4 is 5.32 Å². The van der Waals surface area contributed by atoms with Crippen molar-refractivity contribution >= 4 is 22.4 Å². The Labute approximate surface area is 149 Å². The van der Waals surface area contributed by atoms with Gasteiger partial charge in [0.2, 0.25) is 0 Å². The van der Waals surface area contributed by atoms with Gasteiger partial charge in [-0.1, -0.05) is 0 Å². The van der Waals surface area contributed by atoms with Crippen molar-refractivity contribution in [1.82, 2.24) is 15.0 Å². The number of amides is 1. The van der Waals surface area contributed by atoms with E-state index < -0.39 is 0 Å². The van der Waals surface area contributed by atoms with Crippen molar-refractivity contribution in [2.75, 3.05) is 5.32 Å². The first-order valence-electron chi connectivity index (χ1n) is 7.56. The zero-order valence-electron chi connectivity index (χ0n) is 14.0. The predicted octanol–water partition coefficient (Wildman–Crippen LogP) is 3.65. The fourth-order valence-corrected chi connectivity index (χ4v) is 3.10. The van der Waals surface area contributed by atoms with Gasteiger partial charge in [-0.2, -0.15) is 5.26 Å². The molecule has 0 aliphatic carbocycles. The van der Waals surface area contributed by atoms with Crippen LogP contribution in [0.4, 0.5) is 5.13 Å². The molecular weight excluding hydrogens is 334 g/mol. The Balaban J connectivity index is 1.97. The number of hydrogen-bond acceptors (Lipinski definition) is 6. The zero-order chi connectivity index (χ0) is 18.0. The first kappa shape index (κ1) is 16.7. The number of nitrogens with zero attached hydrogens (tertiary/aromatic N) is 4. The smallest absolute Gasteiger partial charge is 0.276 e. The Kier molecular flexibility index (Phi) is 4.55. The number of anilines is 1. The van der Waals surface area contributed by atoms with E-state index in [1.165, 1.54) is 11.3 Å². The lowest BCUT2D eigenvalue weighted by Crippen LogP contribution is -2.14. The fourth-order valence-electron chi connectivity index (χ4n) is 2.42. The van der Waals surface area contributed by atoms with Gasteiger partial charge in [0.25, 0.3) is 5.91 Å². The van der Waals surface area contributed by atoms with Gasteiger partial charge in [-0.25, -0.2) is 15.0 Å². The van der Waals surface area contributed by atoms with E-state index in [1.807, 2.05) is 38.3 Å². The van der Waals surface area contributed by atoms with Crippen LogP contribution in [0.5, 0.6) is 0 Å². The third-order valence-electron chi connectivity index (χ3n) is 3.43. The van der Waals surface area contributed by atoms with E-state index >= 15 is 0 Å².